The molecule has 5 heteroatoms. The van der Waals surface area contributed by atoms with Crippen molar-refractivity contribution in [1.82, 2.24) is 5.32 Å². The standard InChI is InChI=1S/C19H23NO3S/c1-2-23-16-7-4-3-6-15(16)18(21)20-14-19(9-11-22-12-10-19)17-8-5-13-24-17/h3-8,13H,2,9-12,14H2,1H3,(H,20,21). The van der Waals surface area contributed by atoms with Crippen LogP contribution in [0.2, 0.25) is 0 Å². The van der Waals surface area contributed by atoms with Crippen molar-refractivity contribution in [2.75, 3.05) is 26.4 Å². The summed E-state index contributed by atoms with van der Waals surface area (Å²) in [6.45, 7) is 4.56. The van der Waals surface area contributed by atoms with Gasteiger partial charge in [0.2, 0.25) is 0 Å². The molecule has 1 saturated heterocycles. The summed E-state index contributed by atoms with van der Waals surface area (Å²) in [4.78, 5) is 14.0. The van der Waals surface area contributed by atoms with Crippen molar-refractivity contribution in [2.45, 2.75) is 25.2 Å². The maximum atomic E-state index is 12.7. The molecule has 0 atom stereocenters. The summed E-state index contributed by atoms with van der Waals surface area (Å²) in [5.41, 5.74) is 0.565. The smallest absolute Gasteiger partial charge is 0.255 e. The fraction of sp³-hybridized carbons (Fsp3) is 0.421. The largest absolute Gasteiger partial charge is 0.493 e. The Morgan fingerprint density at radius 2 is 2.04 bits per heavy atom. The van der Waals surface area contributed by atoms with Gasteiger partial charge in [-0.15, -0.1) is 11.3 Å². The number of amides is 1. The molecular weight excluding hydrogens is 322 g/mol. The van der Waals surface area contributed by atoms with Crippen LogP contribution in [0.1, 0.15) is 35.0 Å². The minimum Gasteiger partial charge on any atom is -0.493 e. The van der Waals surface area contributed by atoms with Gasteiger partial charge in [-0.25, -0.2) is 0 Å². The first-order valence-electron chi connectivity index (χ1n) is 8.37. The van der Waals surface area contributed by atoms with E-state index in [-0.39, 0.29) is 11.3 Å². The quantitative estimate of drug-likeness (QED) is 0.870. The predicted molar refractivity (Wildman–Crippen MR) is 96.0 cm³/mol. The second-order valence-electron chi connectivity index (χ2n) is 5.98. The highest BCUT2D eigenvalue weighted by atomic mass is 32.1. The van der Waals surface area contributed by atoms with E-state index in [0.29, 0.717) is 24.5 Å². The number of thiophene rings is 1. The van der Waals surface area contributed by atoms with Gasteiger partial charge in [0.15, 0.2) is 0 Å². The number of para-hydroxylation sites is 1. The SMILES string of the molecule is CCOc1ccccc1C(=O)NCC1(c2cccs2)CCOCC1. The van der Waals surface area contributed by atoms with Crippen LogP contribution in [-0.2, 0) is 10.2 Å². The maximum Gasteiger partial charge on any atom is 0.255 e. The number of ether oxygens (including phenoxy) is 2. The van der Waals surface area contributed by atoms with Crippen molar-refractivity contribution in [1.29, 1.82) is 0 Å². The molecule has 24 heavy (non-hydrogen) atoms. The normalized spacial score (nSPS) is 16.5. The summed E-state index contributed by atoms with van der Waals surface area (Å²) < 4.78 is 11.1. The highest BCUT2D eigenvalue weighted by molar-refractivity contribution is 7.10. The number of carbonyl (C=O) groups is 1. The topological polar surface area (TPSA) is 47.6 Å². The van der Waals surface area contributed by atoms with Crippen molar-refractivity contribution >= 4 is 17.2 Å². The van der Waals surface area contributed by atoms with E-state index in [0.717, 1.165) is 26.1 Å². The third kappa shape index (κ3) is 3.62. The van der Waals surface area contributed by atoms with E-state index in [1.165, 1.54) is 4.88 Å². The van der Waals surface area contributed by atoms with Gasteiger partial charge in [0.1, 0.15) is 5.75 Å². The summed E-state index contributed by atoms with van der Waals surface area (Å²) in [5.74, 6) is 0.552. The molecule has 0 saturated carbocycles. The molecule has 0 bridgehead atoms. The zero-order valence-corrected chi connectivity index (χ0v) is 14.7. The van der Waals surface area contributed by atoms with E-state index in [1.807, 2.05) is 31.2 Å². The molecule has 0 radical (unpaired) electrons. The molecule has 2 heterocycles. The van der Waals surface area contributed by atoms with Crippen LogP contribution < -0.4 is 10.1 Å². The molecule has 0 aliphatic carbocycles. The van der Waals surface area contributed by atoms with E-state index >= 15 is 0 Å². The van der Waals surface area contributed by atoms with Gasteiger partial charge in [0, 0.05) is 30.1 Å². The van der Waals surface area contributed by atoms with E-state index in [9.17, 15) is 4.79 Å². The van der Waals surface area contributed by atoms with Gasteiger partial charge in [-0.1, -0.05) is 18.2 Å². The lowest BCUT2D eigenvalue weighted by atomic mass is 9.78. The summed E-state index contributed by atoms with van der Waals surface area (Å²) in [6.07, 6.45) is 1.86. The van der Waals surface area contributed by atoms with Gasteiger partial charge in [0.05, 0.1) is 12.2 Å². The van der Waals surface area contributed by atoms with Crippen molar-refractivity contribution in [3.63, 3.8) is 0 Å². The van der Waals surface area contributed by atoms with E-state index < -0.39 is 0 Å². The molecule has 1 aromatic carbocycles. The summed E-state index contributed by atoms with van der Waals surface area (Å²) >= 11 is 1.76. The van der Waals surface area contributed by atoms with Gasteiger partial charge in [-0.2, -0.15) is 0 Å². The lowest BCUT2D eigenvalue weighted by molar-refractivity contribution is 0.0498. The van der Waals surface area contributed by atoms with Crippen molar-refractivity contribution in [2.24, 2.45) is 0 Å². The zero-order valence-electron chi connectivity index (χ0n) is 13.9. The van der Waals surface area contributed by atoms with Crippen molar-refractivity contribution in [3.05, 3.63) is 52.2 Å². The molecule has 1 amide bonds. The lowest BCUT2D eigenvalue weighted by Gasteiger charge is -2.36. The van der Waals surface area contributed by atoms with Gasteiger partial charge in [0.25, 0.3) is 5.91 Å². The second kappa shape index (κ2) is 7.81. The number of nitrogens with one attached hydrogen (secondary N) is 1. The van der Waals surface area contributed by atoms with Crippen LogP contribution in [0.5, 0.6) is 5.75 Å². The summed E-state index contributed by atoms with van der Waals surface area (Å²) in [7, 11) is 0. The third-order valence-corrected chi connectivity index (χ3v) is 5.63. The molecule has 1 N–H and O–H groups in total. The van der Waals surface area contributed by atoms with Crippen LogP contribution in [0.25, 0.3) is 0 Å². The van der Waals surface area contributed by atoms with Crippen LogP contribution in [0.4, 0.5) is 0 Å². The number of rotatable bonds is 6. The average Bonchev–Trinajstić information content (AvgIpc) is 3.17. The molecule has 1 aliphatic rings. The molecule has 0 unspecified atom stereocenters. The second-order valence-corrected chi connectivity index (χ2v) is 6.93. The van der Waals surface area contributed by atoms with Gasteiger partial charge >= 0.3 is 0 Å². The van der Waals surface area contributed by atoms with Crippen LogP contribution >= 0.6 is 11.3 Å². The van der Waals surface area contributed by atoms with Crippen LogP contribution in [-0.4, -0.2) is 32.3 Å². The van der Waals surface area contributed by atoms with Crippen molar-refractivity contribution in [3.8, 4) is 5.75 Å². The Kier molecular flexibility index (Phi) is 5.53. The minimum atomic E-state index is -0.0820. The monoisotopic (exact) mass is 345 g/mol. The highest BCUT2D eigenvalue weighted by Gasteiger charge is 2.36. The fourth-order valence-corrected chi connectivity index (χ4v) is 4.12. The van der Waals surface area contributed by atoms with Crippen LogP contribution in [0.3, 0.4) is 0 Å². The Morgan fingerprint density at radius 3 is 2.75 bits per heavy atom. The molecule has 1 fully saturated rings. The zero-order chi connectivity index (χ0) is 16.8. The Morgan fingerprint density at radius 1 is 1.25 bits per heavy atom. The highest BCUT2D eigenvalue weighted by Crippen LogP contribution is 2.37. The molecule has 3 rings (SSSR count). The van der Waals surface area contributed by atoms with Gasteiger partial charge in [-0.05, 0) is 43.3 Å². The average molecular weight is 345 g/mol. The van der Waals surface area contributed by atoms with E-state index in [2.05, 4.69) is 22.8 Å². The first-order valence-corrected chi connectivity index (χ1v) is 9.25. The molecule has 1 aromatic heterocycles. The van der Waals surface area contributed by atoms with Gasteiger partial charge in [-0.3, -0.25) is 4.79 Å². The first-order chi connectivity index (χ1) is 11.7. The lowest BCUT2D eigenvalue weighted by Crippen LogP contribution is -2.44. The predicted octanol–water partition coefficient (Wildman–Crippen LogP) is 3.63. The number of carbonyl (C=O) groups excluding carboxylic acids is 1. The molecule has 0 spiro atoms. The summed E-state index contributed by atoms with van der Waals surface area (Å²) in [6, 6.07) is 11.6. The van der Waals surface area contributed by atoms with Gasteiger partial charge < -0.3 is 14.8 Å². The number of hydrogen-bond donors (Lipinski definition) is 1. The van der Waals surface area contributed by atoms with Crippen LogP contribution in [0.15, 0.2) is 41.8 Å². The third-order valence-electron chi connectivity index (χ3n) is 4.51. The van der Waals surface area contributed by atoms with E-state index in [1.54, 1.807) is 11.3 Å². The molecular formula is C19H23NO3S. The van der Waals surface area contributed by atoms with Crippen LogP contribution in [0, 0.1) is 0 Å². The fourth-order valence-electron chi connectivity index (χ4n) is 3.13. The molecule has 128 valence electrons. The Balaban J connectivity index is 1.74. The molecule has 1 aliphatic heterocycles. The first kappa shape index (κ1) is 17.0. The maximum absolute atomic E-state index is 12.7. The minimum absolute atomic E-state index is 0.0252. The summed E-state index contributed by atoms with van der Waals surface area (Å²) in [5, 5.41) is 5.22. The number of benzene rings is 1. The molecule has 4 nitrogen and oxygen atoms in total. The van der Waals surface area contributed by atoms with E-state index in [4.69, 9.17) is 9.47 Å². The Hall–Kier alpha value is -1.85. The molecule has 2 aromatic rings. The Labute approximate surface area is 146 Å². The number of hydrogen-bond acceptors (Lipinski definition) is 4. The Bertz CT molecular complexity index is 663. The van der Waals surface area contributed by atoms with Crippen molar-refractivity contribution < 1.29 is 14.3 Å².